The highest BCUT2D eigenvalue weighted by atomic mass is 19.1. The first-order valence-corrected chi connectivity index (χ1v) is 4.40. The van der Waals surface area contributed by atoms with E-state index in [1.54, 1.807) is 0 Å². The monoisotopic (exact) mass is 187 g/mol. The summed E-state index contributed by atoms with van der Waals surface area (Å²) >= 11 is 0. The van der Waals surface area contributed by atoms with Crippen molar-refractivity contribution in [3.63, 3.8) is 0 Å². The third-order valence-corrected chi connectivity index (χ3v) is 1.99. The molecule has 0 unspecified atom stereocenters. The van der Waals surface area contributed by atoms with E-state index in [2.05, 4.69) is 10.1 Å². The molecule has 0 aromatic carbocycles. The summed E-state index contributed by atoms with van der Waals surface area (Å²) in [6, 6.07) is 0. The van der Waals surface area contributed by atoms with E-state index < -0.39 is 5.97 Å². The Morgan fingerprint density at radius 1 is 1.54 bits per heavy atom. The van der Waals surface area contributed by atoms with Crippen LogP contribution in [0.4, 0.5) is 4.39 Å². The van der Waals surface area contributed by atoms with Gasteiger partial charge in [-0.1, -0.05) is 0 Å². The maximum Gasteiger partial charge on any atom is 0.303 e. The van der Waals surface area contributed by atoms with Crippen molar-refractivity contribution in [1.82, 2.24) is 5.32 Å². The SMILES string of the molecule is CC(=O)OCC(F)=C1CCNCC1. The molecule has 1 fully saturated rings. The number of nitrogens with one attached hydrogen (secondary N) is 1. The Labute approximate surface area is 77.0 Å². The van der Waals surface area contributed by atoms with Gasteiger partial charge in [-0.05, 0) is 31.5 Å². The van der Waals surface area contributed by atoms with Crippen LogP contribution in [0.25, 0.3) is 0 Å². The molecular formula is C9H14FNO2. The number of rotatable bonds is 2. The lowest BCUT2D eigenvalue weighted by atomic mass is 10.1. The summed E-state index contributed by atoms with van der Waals surface area (Å²) in [5, 5.41) is 3.13. The Morgan fingerprint density at radius 3 is 2.69 bits per heavy atom. The Kier molecular flexibility index (Phi) is 3.89. The molecule has 3 nitrogen and oxygen atoms in total. The Morgan fingerprint density at radius 2 is 2.15 bits per heavy atom. The van der Waals surface area contributed by atoms with Crippen LogP contribution >= 0.6 is 0 Å². The molecule has 1 aliphatic heterocycles. The van der Waals surface area contributed by atoms with Gasteiger partial charge in [-0.3, -0.25) is 4.79 Å². The number of halogens is 1. The smallest absolute Gasteiger partial charge is 0.303 e. The van der Waals surface area contributed by atoms with Gasteiger partial charge in [0.15, 0.2) is 0 Å². The minimum absolute atomic E-state index is 0.204. The van der Waals surface area contributed by atoms with Crippen molar-refractivity contribution in [2.24, 2.45) is 0 Å². The van der Waals surface area contributed by atoms with Gasteiger partial charge in [0, 0.05) is 6.92 Å². The van der Waals surface area contributed by atoms with Crippen molar-refractivity contribution in [3.8, 4) is 0 Å². The molecule has 0 saturated carbocycles. The lowest BCUT2D eigenvalue weighted by molar-refractivity contribution is -0.140. The normalized spacial score (nSPS) is 16.9. The molecule has 0 spiro atoms. The molecule has 0 aromatic rings. The second kappa shape index (κ2) is 4.97. The summed E-state index contributed by atoms with van der Waals surface area (Å²) in [6.45, 7) is 2.69. The molecule has 4 heteroatoms. The minimum atomic E-state index is -0.440. The summed E-state index contributed by atoms with van der Waals surface area (Å²) in [5.41, 5.74) is 0.778. The van der Waals surface area contributed by atoms with Crippen molar-refractivity contribution in [2.75, 3.05) is 19.7 Å². The molecule has 1 aliphatic rings. The van der Waals surface area contributed by atoms with Gasteiger partial charge >= 0.3 is 5.97 Å². The number of hydrogen-bond acceptors (Lipinski definition) is 3. The molecule has 1 rings (SSSR count). The Bertz CT molecular complexity index is 218. The predicted molar refractivity (Wildman–Crippen MR) is 46.9 cm³/mol. The van der Waals surface area contributed by atoms with E-state index in [0.29, 0.717) is 12.8 Å². The fourth-order valence-electron chi connectivity index (χ4n) is 1.27. The average molecular weight is 187 g/mol. The largest absolute Gasteiger partial charge is 0.459 e. The van der Waals surface area contributed by atoms with Crippen molar-refractivity contribution in [3.05, 3.63) is 11.4 Å². The van der Waals surface area contributed by atoms with E-state index >= 15 is 0 Å². The van der Waals surface area contributed by atoms with Crippen molar-refractivity contribution in [1.29, 1.82) is 0 Å². The molecule has 0 aromatic heterocycles. The molecule has 74 valence electrons. The molecule has 0 atom stereocenters. The van der Waals surface area contributed by atoms with Crippen LogP contribution in [-0.4, -0.2) is 25.7 Å². The zero-order valence-corrected chi connectivity index (χ0v) is 7.73. The van der Waals surface area contributed by atoms with Gasteiger partial charge in [-0.25, -0.2) is 4.39 Å². The second-order valence-electron chi connectivity index (χ2n) is 3.04. The fraction of sp³-hybridized carbons (Fsp3) is 0.667. The van der Waals surface area contributed by atoms with Gasteiger partial charge < -0.3 is 10.1 Å². The molecule has 0 amide bonds. The maximum atomic E-state index is 13.2. The molecule has 1 saturated heterocycles. The van der Waals surface area contributed by atoms with E-state index in [1.807, 2.05) is 0 Å². The van der Waals surface area contributed by atoms with Crippen LogP contribution < -0.4 is 5.32 Å². The Hall–Kier alpha value is -0.900. The van der Waals surface area contributed by atoms with Gasteiger partial charge in [-0.2, -0.15) is 0 Å². The average Bonchev–Trinajstić information content (AvgIpc) is 2.15. The van der Waals surface area contributed by atoms with Crippen LogP contribution in [-0.2, 0) is 9.53 Å². The summed E-state index contributed by atoms with van der Waals surface area (Å²) in [7, 11) is 0. The van der Waals surface area contributed by atoms with E-state index in [0.717, 1.165) is 18.7 Å². The molecule has 0 aliphatic carbocycles. The van der Waals surface area contributed by atoms with E-state index in [-0.39, 0.29) is 12.4 Å². The van der Waals surface area contributed by atoms with Gasteiger partial charge in [-0.15, -0.1) is 0 Å². The van der Waals surface area contributed by atoms with Crippen LogP contribution in [0.3, 0.4) is 0 Å². The highest BCUT2D eigenvalue weighted by Crippen LogP contribution is 2.16. The summed E-state index contributed by atoms with van der Waals surface area (Å²) in [5.74, 6) is -0.721. The number of carbonyl (C=O) groups is 1. The second-order valence-corrected chi connectivity index (χ2v) is 3.04. The molecular weight excluding hydrogens is 173 g/mol. The number of hydrogen-bond donors (Lipinski definition) is 1. The standard InChI is InChI=1S/C9H14FNO2/c1-7(12)13-6-9(10)8-2-4-11-5-3-8/h11H,2-6H2,1H3. The van der Waals surface area contributed by atoms with Crippen LogP contribution in [0, 0.1) is 0 Å². The topological polar surface area (TPSA) is 38.3 Å². The van der Waals surface area contributed by atoms with Crippen molar-refractivity contribution < 1.29 is 13.9 Å². The zero-order valence-electron chi connectivity index (χ0n) is 7.73. The van der Waals surface area contributed by atoms with E-state index in [9.17, 15) is 9.18 Å². The van der Waals surface area contributed by atoms with Gasteiger partial charge in [0.2, 0.25) is 0 Å². The minimum Gasteiger partial charge on any atom is -0.459 e. The molecule has 0 radical (unpaired) electrons. The number of esters is 1. The van der Waals surface area contributed by atoms with Crippen LogP contribution in [0.15, 0.2) is 11.4 Å². The van der Waals surface area contributed by atoms with Crippen molar-refractivity contribution in [2.45, 2.75) is 19.8 Å². The highest BCUT2D eigenvalue weighted by Gasteiger charge is 2.11. The fourth-order valence-corrected chi connectivity index (χ4v) is 1.27. The quantitative estimate of drug-likeness (QED) is 0.659. The summed E-state index contributed by atoms with van der Waals surface area (Å²) < 4.78 is 17.8. The number of piperidine rings is 1. The van der Waals surface area contributed by atoms with Gasteiger partial charge in [0.1, 0.15) is 12.4 Å². The maximum absolute atomic E-state index is 13.2. The molecule has 1 heterocycles. The van der Waals surface area contributed by atoms with Gasteiger partial charge in [0.05, 0.1) is 0 Å². The lowest BCUT2D eigenvalue weighted by Crippen LogP contribution is -2.24. The van der Waals surface area contributed by atoms with E-state index in [4.69, 9.17) is 0 Å². The summed E-state index contributed by atoms with van der Waals surface area (Å²) in [6.07, 6.45) is 1.43. The van der Waals surface area contributed by atoms with Gasteiger partial charge in [0.25, 0.3) is 0 Å². The summed E-state index contributed by atoms with van der Waals surface area (Å²) in [4.78, 5) is 10.4. The molecule has 0 bridgehead atoms. The zero-order chi connectivity index (χ0) is 9.68. The molecule has 1 N–H and O–H groups in total. The third kappa shape index (κ3) is 3.55. The third-order valence-electron chi connectivity index (χ3n) is 1.99. The van der Waals surface area contributed by atoms with Crippen LogP contribution in [0.1, 0.15) is 19.8 Å². The highest BCUT2D eigenvalue weighted by molar-refractivity contribution is 5.66. The first-order chi connectivity index (χ1) is 6.20. The first-order valence-electron chi connectivity index (χ1n) is 4.40. The Balaban J connectivity index is 2.41. The molecule has 13 heavy (non-hydrogen) atoms. The number of ether oxygens (including phenoxy) is 1. The first kappa shape index (κ1) is 10.2. The van der Waals surface area contributed by atoms with Crippen LogP contribution in [0.2, 0.25) is 0 Å². The predicted octanol–water partition coefficient (Wildman–Crippen LogP) is 1.16. The number of carbonyl (C=O) groups excluding carboxylic acids is 1. The van der Waals surface area contributed by atoms with E-state index in [1.165, 1.54) is 6.92 Å². The van der Waals surface area contributed by atoms with Crippen molar-refractivity contribution >= 4 is 5.97 Å². The lowest BCUT2D eigenvalue weighted by Gasteiger charge is -2.16. The van der Waals surface area contributed by atoms with Crippen LogP contribution in [0.5, 0.6) is 0 Å².